The van der Waals surface area contributed by atoms with E-state index in [-0.39, 0.29) is 16.5 Å². The molecule has 0 amide bonds. The number of hydrogen-bond donors (Lipinski definition) is 0. The molecule has 0 atom stereocenters. The summed E-state index contributed by atoms with van der Waals surface area (Å²) >= 11 is 2.81. The molecule has 0 unspecified atom stereocenters. The van der Waals surface area contributed by atoms with Crippen LogP contribution in [0.15, 0.2) is 22.7 Å². The summed E-state index contributed by atoms with van der Waals surface area (Å²) < 4.78 is 37.8. The molecular formula is C10H8BrF3O. The molecular weight excluding hydrogens is 273 g/mol. The van der Waals surface area contributed by atoms with Crippen LogP contribution in [0.3, 0.4) is 0 Å². The average Bonchev–Trinajstić information content (AvgIpc) is 2.14. The van der Waals surface area contributed by atoms with Gasteiger partial charge in [0.1, 0.15) is 0 Å². The van der Waals surface area contributed by atoms with Crippen molar-refractivity contribution in [2.45, 2.75) is 19.5 Å². The van der Waals surface area contributed by atoms with E-state index in [4.69, 9.17) is 0 Å². The van der Waals surface area contributed by atoms with Gasteiger partial charge in [-0.1, -0.05) is 35.0 Å². The van der Waals surface area contributed by atoms with Gasteiger partial charge in [-0.05, 0) is 6.07 Å². The van der Waals surface area contributed by atoms with Crippen LogP contribution >= 0.6 is 15.9 Å². The first-order valence-electron chi connectivity index (χ1n) is 4.26. The van der Waals surface area contributed by atoms with Gasteiger partial charge in [-0.15, -0.1) is 0 Å². The van der Waals surface area contributed by atoms with Crippen LogP contribution in [0, 0.1) is 0 Å². The maximum atomic E-state index is 12.6. The molecule has 0 spiro atoms. The topological polar surface area (TPSA) is 17.1 Å². The van der Waals surface area contributed by atoms with Crippen molar-refractivity contribution in [3.63, 3.8) is 0 Å². The lowest BCUT2D eigenvalue weighted by molar-refractivity contribution is -0.138. The Morgan fingerprint density at radius 2 is 2.00 bits per heavy atom. The highest BCUT2D eigenvalue weighted by Crippen LogP contribution is 2.37. The Balaban J connectivity index is 3.40. The number of rotatable bonds is 2. The highest BCUT2D eigenvalue weighted by molar-refractivity contribution is 9.10. The molecule has 0 heterocycles. The van der Waals surface area contributed by atoms with Crippen molar-refractivity contribution in [3.8, 4) is 0 Å². The summed E-state index contributed by atoms with van der Waals surface area (Å²) in [5, 5.41) is 0. The number of Topliss-reactive ketones (excluding diaryl/α,β-unsaturated/α-hetero) is 1. The third kappa shape index (κ3) is 2.59. The van der Waals surface area contributed by atoms with E-state index in [1.54, 1.807) is 0 Å². The van der Waals surface area contributed by atoms with Gasteiger partial charge in [0.15, 0.2) is 5.78 Å². The quantitative estimate of drug-likeness (QED) is 0.747. The summed E-state index contributed by atoms with van der Waals surface area (Å²) in [7, 11) is 0. The van der Waals surface area contributed by atoms with E-state index in [9.17, 15) is 18.0 Å². The highest BCUT2D eigenvalue weighted by Gasteiger charge is 2.36. The van der Waals surface area contributed by atoms with E-state index in [1.165, 1.54) is 25.1 Å². The van der Waals surface area contributed by atoms with Crippen molar-refractivity contribution in [2.75, 3.05) is 0 Å². The van der Waals surface area contributed by atoms with Crippen molar-refractivity contribution >= 4 is 21.7 Å². The monoisotopic (exact) mass is 280 g/mol. The zero-order valence-electron chi connectivity index (χ0n) is 7.86. The lowest BCUT2D eigenvalue weighted by Crippen LogP contribution is -2.13. The SMILES string of the molecule is CCC(=O)c1cccc(Br)c1C(F)(F)F. The van der Waals surface area contributed by atoms with Gasteiger partial charge in [0.2, 0.25) is 0 Å². The van der Waals surface area contributed by atoms with E-state index in [0.29, 0.717) is 0 Å². The fourth-order valence-corrected chi connectivity index (χ4v) is 1.83. The Morgan fingerprint density at radius 3 is 2.47 bits per heavy atom. The minimum Gasteiger partial charge on any atom is -0.294 e. The molecule has 0 fully saturated rings. The minimum absolute atomic E-state index is 0.0551. The second kappa shape index (κ2) is 4.35. The summed E-state index contributed by atoms with van der Waals surface area (Å²) in [4.78, 5) is 11.3. The van der Waals surface area contributed by atoms with E-state index in [1.807, 2.05) is 0 Å². The second-order valence-electron chi connectivity index (χ2n) is 2.94. The molecule has 1 rings (SSSR count). The van der Waals surface area contributed by atoms with Crippen LogP contribution in [0.5, 0.6) is 0 Å². The third-order valence-electron chi connectivity index (χ3n) is 1.92. The molecule has 0 aromatic heterocycles. The maximum Gasteiger partial charge on any atom is 0.418 e. The molecule has 0 N–H and O–H groups in total. The largest absolute Gasteiger partial charge is 0.418 e. The van der Waals surface area contributed by atoms with Crippen LogP contribution in [0.4, 0.5) is 13.2 Å². The summed E-state index contributed by atoms with van der Waals surface area (Å²) in [5.74, 6) is -0.511. The molecule has 0 saturated carbocycles. The van der Waals surface area contributed by atoms with Gasteiger partial charge in [-0.25, -0.2) is 0 Å². The Kier molecular flexibility index (Phi) is 3.54. The predicted octanol–water partition coefficient (Wildman–Crippen LogP) is 4.06. The molecule has 15 heavy (non-hydrogen) atoms. The van der Waals surface area contributed by atoms with E-state index in [0.717, 1.165) is 0 Å². The molecule has 1 aromatic carbocycles. The van der Waals surface area contributed by atoms with Crippen LogP contribution < -0.4 is 0 Å². The van der Waals surface area contributed by atoms with Crippen molar-refractivity contribution in [1.29, 1.82) is 0 Å². The summed E-state index contributed by atoms with van der Waals surface area (Å²) in [6.07, 6.45) is -4.46. The minimum atomic E-state index is -4.51. The van der Waals surface area contributed by atoms with Crippen LogP contribution in [-0.4, -0.2) is 5.78 Å². The maximum absolute atomic E-state index is 12.6. The average molecular weight is 281 g/mol. The Labute approximate surface area is 93.4 Å². The summed E-state index contributed by atoms with van der Waals surface area (Å²) in [5.41, 5.74) is -1.17. The first-order chi connectivity index (χ1) is 6.88. The molecule has 0 bridgehead atoms. The van der Waals surface area contributed by atoms with Crippen molar-refractivity contribution < 1.29 is 18.0 Å². The number of carbonyl (C=O) groups is 1. The number of alkyl halides is 3. The molecule has 5 heteroatoms. The van der Waals surface area contributed by atoms with E-state index in [2.05, 4.69) is 15.9 Å². The second-order valence-corrected chi connectivity index (χ2v) is 3.79. The molecule has 0 radical (unpaired) electrons. The third-order valence-corrected chi connectivity index (χ3v) is 2.58. The lowest BCUT2D eigenvalue weighted by Gasteiger charge is -2.13. The fraction of sp³-hybridized carbons (Fsp3) is 0.300. The Morgan fingerprint density at radius 1 is 1.40 bits per heavy atom. The number of carbonyl (C=O) groups excluding carboxylic acids is 1. The Hall–Kier alpha value is -0.840. The number of halogens is 4. The van der Waals surface area contributed by atoms with Gasteiger partial charge in [-0.2, -0.15) is 13.2 Å². The fourth-order valence-electron chi connectivity index (χ4n) is 1.24. The highest BCUT2D eigenvalue weighted by atomic mass is 79.9. The van der Waals surface area contributed by atoms with Crippen LogP contribution in [0.25, 0.3) is 0 Å². The van der Waals surface area contributed by atoms with Crippen molar-refractivity contribution in [2.24, 2.45) is 0 Å². The molecule has 0 aliphatic rings. The smallest absolute Gasteiger partial charge is 0.294 e. The summed E-state index contributed by atoms with van der Waals surface area (Å²) in [6, 6.07) is 3.89. The first-order valence-corrected chi connectivity index (χ1v) is 5.06. The van der Waals surface area contributed by atoms with Gasteiger partial charge in [0.05, 0.1) is 5.56 Å². The number of ketones is 1. The molecule has 1 aromatic rings. The molecule has 1 nitrogen and oxygen atoms in total. The summed E-state index contributed by atoms with van der Waals surface area (Å²) in [6.45, 7) is 1.53. The molecule has 82 valence electrons. The van der Waals surface area contributed by atoms with E-state index >= 15 is 0 Å². The van der Waals surface area contributed by atoms with E-state index < -0.39 is 17.5 Å². The van der Waals surface area contributed by atoms with Gasteiger partial charge in [0.25, 0.3) is 0 Å². The molecule has 0 saturated heterocycles. The predicted molar refractivity (Wildman–Crippen MR) is 53.8 cm³/mol. The van der Waals surface area contributed by atoms with Gasteiger partial charge < -0.3 is 0 Å². The van der Waals surface area contributed by atoms with Crippen molar-refractivity contribution in [1.82, 2.24) is 0 Å². The van der Waals surface area contributed by atoms with Crippen LogP contribution in [-0.2, 0) is 6.18 Å². The Bertz CT molecular complexity index is 385. The zero-order valence-corrected chi connectivity index (χ0v) is 9.45. The first kappa shape index (κ1) is 12.2. The molecule has 0 aliphatic heterocycles. The van der Waals surface area contributed by atoms with Gasteiger partial charge >= 0.3 is 6.18 Å². The van der Waals surface area contributed by atoms with Gasteiger partial charge in [0, 0.05) is 16.5 Å². The van der Waals surface area contributed by atoms with Crippen LogP contribution in [0.1, 0.15) is 29.3 Å². The van der Waals surface area contributed by atoms with Crippen LogP contribution in [0.2, 0.25) is 0 Å². The normalized spacial score (nSPS) is 11.5. The zero-order chi connectivity index (χ0) is 11.6. The van der Waals surface area contributed by atoms with Gasteiger partial charge in [-0.3, -0.25) is 4.79 Å². The molecule has 0 aliphatic carbocycles. The number of benzene rings is 1. The standard InChI is InChI=1S/C10H8BrF3O/c1-2-8(15)6-4-3-5-7(11)9(6)10(12,13)14/h3-5H,2H2,1H3. The van der Waals surface area contributed by atoms with Crippen molar-refractivity contribution in [3.05, 3.63) is 33.8 Å². The number of hydrogen-bond acceptors (Lipinski definition) is 1. The lowest BCUT2D eigenvalue weighted by atomic mass is 10.0.